The Morgan fingerprint density at radius 3 is 1.62 bits per heavy atom. The first-order valence-electron chi connectivity index (χ1n) is 12.8. The van der Waals surface area contributed by atoms with Crippen LogP contribution in [0.15, 0.2) is 59.7 Å². The molecule has 0 spiro atoms. The van der Waals surface area contributed by atoms with E-state index in [1.165, 1.54) is 0 Å². The number of esters is 1. The number of halogens is 3. The lowest BCUT2D eigenvalue weighted by Gasteiger charge is -2.59. The van der Waals surface area contributed by atoms with Crippen LogP contribution in [-0.4, -0.2) is 40.5 Å². The van der Waals surface area contributed by atoms with Crippen molar-refractivity contribution in [2.75, 3.05) is 16.4 Å². The number of alkyl halides is 1. The van der Waals surface area contributed by atoms with E-state index in [9.17, 15) is 24.0 Å². The Labute approximate surface area is 248 Å². The summed E-state index contributed by atoms with van der Waals surface area (Å²) in [6, 6.07) is 12.9. The topological polar surface area (TPSA) is 101 Å². The van der Waals surface area contributed by atoms with Crippen LogP contribution in [0.2, 0.25) is 10.0 Å². The molecule has 5 aliphatic rings. The Bertz CT molecular complexity index is 1500. The first-order chi connectivity index (χ1) is 18.9. The van der Waals surface area contributed by atoms with E-state index >= 15 is 0 Å². The SMILES string of the molecule is CCOC(=O)C1=C(C)C2(Br)[C@H]3C(=O)N(c4ccccc4Cl)C(=O)[C@@H]3C1(C)[C@H]1C(=O)N(c3ccccc3Cl)C(=O)[C@@H]12. The van der Waals surface area contributed by atoms with E-state index in [1.54, 1.807) is 69.3 Å². The molecule has 2 bridgehead atoms. The van der Waals surface area contributed by atoms with Crippen LogP contribution in [0.25, 0.3) is 0 Å². The maximum absolute atomic E-state index is 14.3. The van der Waals surface area contributed by atoms with Gasteiger partial charge in [0.15, 0.2) is 0 Å². The third-order valence-corrected chi connectivity index (χ3v) is 11.2. The van der Waals surface area contributed by atoms with E-state index in [1.807, 2.05) is 0 Å². The van der Waals surface area contributed by atoms with Crippen LogP contribution in [0, 0.1) is 29.1 Å². The van der Waals surface area contributed by atoms with E-state index in [0.717, 1.165) is 9.80 Å². The zero-order valence-corrected chi connectivity index (χ0v) is 24.7. The van der Waals surface area contributed by atoms with Gasteiger partial charge in [-0.2, -0.15) is 0 Å². The number of nitrogens with zero attached hydrogens (tertiary/aromatic N) is 2. The maximum atomic E-state index is 14.3. The minimum Gasteiger partial charge on any atom is -0.463 e. The molecule has 11 heteroatoms. The molecule has 2 saturated heterocycles. The summed E-state index contributed by atoms with van der Waals surface area (Å²) in [7, 11) is 0. The average Bonchev–Trinajstić information content (AvgIpc) is 3.34. The second-order valence-corrected chi connectivity index (χ2v) is 12.7. The molecule has 3 fully saturated rings. The molecule has 7 rings (SSSR count). The van der Waals surface area contributed by atoms with Crippen molar-refractivity contribution in [2.24, 2.45) is 29.1 Å². The molecular weight excluding hydrogens is 623 g/mol. The maximum Gasteiger partial charge on any atom is 0.334 e. The second kappa shape index (κ2) is 8.99. The van der Waals surface area contributed by atoms with Crippen molar-refractivity contribution in [3.05, 3.63) is 69.7 Å². The quantitative estimate of drug-likeness (QED) is 0.265. The summed E-state index contributed by atoms with van der Waals surface area (Å²) in [5.74, 6) is -7.52. The molecular formula is C29H23BrCl2N2O6. The standard InChI is InChI=1S/C29H23BrCl2N2O6/c1-4-40-27(39)18-13(2)29(30)21-19(23(35)33(25(21)37)16-11-7-5-9-14(16)31)28(18,3)20-22(29)26(38)34(24(20)36)17-12-8-6-10-15(17)32/h5-12,19-22H,4H2,1-3H3/t19-,20-,21-,22-,28?,29?/m1/s1. The Morgan fingerprint density at radius 2 is 1.23 bits per heavy atom. The number of carbonyl (C=O) groups excluding carboxylic acids is 5. The number of imide groups is 2. The predicted octanol–water partition coefficient (Wildman–Crippen LogP) is 4.95. The largest absolute Gasteiger partial charge is 0.463 e. The number of anilines is 2. The molecule has 0 aromatic heterocycles. The third kappa shape index (κ3) is 3.11. The van der Waals surface area contributed by atoms with Gasteiger partial charge in [-0.15, -0.1) is 0 Å². The molecule has 3 aliphatic carbocycles. The number of benzene rings is 2. The summed E-state index contributed by atoms with van der Waals surface area (Å²) < 4.78 is 3.88. The molecule has 4 amide bonds. The lowest BCUT2D eigenvalue weighted by molar-refractivity contribution is -0.152. The van der Waals surface area contributed by atoms with Gasteiger partial charge in [-0.05, 0) is 43.7 Å². The monoisotopic (exact) mass is 644 g/mol. The van der Waals surface area contributed by atoms with Crippen LogP contribution in [0.3, 0.4) is 0 Å². The molecule has 206 valence electrons. The first-order valence-corrected chi connectivity index (χ1v) is 14.3. The van der Waals surface area contributed by atoms with Crippen molar-refractivity contribution < 1.29 is 28.7 Å². The van der Waals surface area contributed by atoms with E-state index in [0.29, 0.717) is 5.57 Å². The second-order valence-electron chi connectivity index (χ2n) is 10.6. The van der Waals surface area contributed by atoms with Gasteiger partial charge < -0.3 is 4.74 Å². The lowest BCUT2D eigenvalue weighted by Crippen LogP contribution is -2.67. The number of allylic oxidation sites excluding steroid dienone is 1. The zero-order valence-electron chi connectivity index (χ0n) is 21.6. The molecule has 0 N–H and O–H groups in total. The summed E-state index contributed by atoms with van der Waals surface area (Å²) in [6.45, 7) is 4.98. The molecule has 8 nitrogen and oxygen atoms in total. The number of rotatable bonds is 4. The van der Waals surface area contributed by atoms with Crippen LogP contribution >= 0.6 is 39.1 Å². The molecule has 0 radical (unpaired) electrons. The summed E-state index contributed by atoms with van der Waals surface area (Å²) in [5.41, 5.74) is -0.641. The minimum atomic E-state index is -1.55. The van der Waals surface area contributed by atoms with Crippen molar-refractivity contribution in [3.8, 4) is 0 Å². The number of ether oxygens (including phenoxy) is 1. The number of para-hydroxylation sites is 2. The highest BCUT2D eigenvalue weighted by atomic mass is 79.9. The number of hydrogen-bond acceptors (Lipinski definition) is 6. The Morgan fingerprint density at radius 1 is 0.825 bits per heavy atom. The van der Waals surface area contributed by atoms with Gasteiger partial charge in [-0.1, -0.05) is 70.3 Å². The fourth-order valence-corrected chi connectivity index (χ4v) is 9.03. The average molecular weight is 646 g/mol. The summed E-state index contributed by atoms with van der Waals surface area (Å²) >= 11 is 16.6. The van der Waals surface area contributed by atoms with Crippen molar-refractivity contribution in [3.63, 3.8) is 0 Å². The van der Waals surface area contributed by atoms with Gasteiger partial charge in [-0.3, -0.25) is 19.2 Å². The summed E-state index contributed by atoms with van der Waals surface area (Å²) in [4.78, 5) is 72.6. The fraction of sp³-hybridized carbons (Fsp3) is 0.345. The summed E-state index contributed by atoms with van der Waals surface area (Å²) in [6.07, 6.45) is 0. The molecule has 40 heavy (non-hydrogen) atoms. The highest BCUT2D eigenvalue weighted by Gasteiger charge is 2.81. The van der Waals surface area contributed by atoms with Crippen LogP contribution < -0.4 is 9.80 Å². The van der Waals surface area contributed by atoms with Gasteiger partial charge in [0.2, 0.25) is 23.6 Å². The van der Waals surface area contributed by atoms with E-state index in [-0.39, 0.29) is 33.6 Å². The fourth-order valence-electron chi connectivity index (χ4n) is 7.47. The predicted molar refractivity (Wildman–Crippen MR) is 151 cm³/mol. The minimum absolute atomic E-state index is 0.0560. The molecule has 2 aliphatic heterocycles. The Kier molecular flexibility index (Phi) is 6.11. The molecule has 0 unspecified atom stereocenters. The third-order valence-electron chi connectivity index (χ3n) is 8.96. The van der Waals surface area contributed by atoms with Crippen molar-refractivity contribution in [1.29, 1.82) is 0 Å². The van der Waals surface area contributed by atoms with Gasteiger partial charge in [-0.25, -0.2) is 14.6 Å². The molecule has 2 aromatic carbocycles. The van der Waals surface area contributed by atoms with E-state index < -0.39 is 63.0 Å². The smallest absolute Gasteiger partial charge is 0.334 e. The van der Waals surface area contributed by atoms with Gasteiger partial charge in [0.05, 0.1) is 56.0 Å². The normalized spacial score (nSPS) is 32.6. The highest BCUT2D eigenvalue weighted by Crippen LogP contribution is 2.72. The Balaban J connectivity index is 1.61. The molecule has 2 aromatic rings. The lowest BCUT2D eigenvalue weighted by atomic mass is 9.43. The van der Waals surface area contributed by atoms with Crippen LogP contribution in [-0.2, 0) is 28.7 Å². The van der Waals surface area contributed by atoms with Crippen molar-refractivity contribution in [1.82, 2.24) is 0 Å². The van der Waals surface area contributed by atoms with E-state index in [4.69, 9.17) is 27.9 Å². The van der Waals surface area contributed by atoms with E-state index in [2.05, 4.69) is 15.9 Å². The van der Waals surface area contributed by atoms with Crippen molar-refractivity contribution in [2.45, 2.75) is 25.1 Å². The first kappa shape index (κ1) is 27.2. The zero-order chi connectivity index (χ0) is 28.9. The highest BCUT2D eigenvalue weighted by molar-refractivity contribution is 9.10. The number of hydrogen-bond donors (Lipinski definition) is 0. The van der Waals surface area contributed by atoms with Crippen LogP contribution in [0.5, 0.6) is 0 Å². The molecule has 2 heterocycles. The van der Waals surface area contributed by atoms with Crippen LogP contribution in [0.4, 0.5) is 11.4 Å². The van der Waals surface area contributed by atoms with Gasteiger partial charge in [0.25, 0.3) is 0 Å². The molecule has 1 saturated carbocycles. The van der Waals surface area contributed by atoms with Crippen LogP contribution in [0.1, 0.15) is 20.8 Å². The summed E-state index contributed by atoms with van der Waals surface area (Å²) in [5, 5.41) is 0.382. The van der Waals surface area contributed by atoms with Gasteiger partial charge in [0.1, 0.15) is 0 Å². The number of carbonyl (C=O) groups is 5. The Hall–Kier alpha value is -3.01. The number of amides is 4. The van der Waals surface area contributed by atoms with Gasteiger partial charge >= 0.3 is 5.97 Å². The van der Waals surface area contributed by atoms with Crippen molar-refractivity contribution >= 4 is 80.1 Å². The molecule has 4 atom stereocenters. The van der Waals surface area contributed by atoms with Gasteiger partial charge in [0, 0.05) is 11.0 Å².